The molecule has 0 spiro atoms. The van der Waals surface area contributed by atoms with E-state index >= 15 is 0 Å². The molecule has 1 aromatic rings. The summed E-state index contributed by atoms with van der Waals surface area (Å²) in [6.07, 6.45) is 3.07. The average Bonchev–Trinajstić information content (AvgIpc) is 2.44. The Morgan fingerprint density at radius 1 is 1.32 bits per heavy atom. The van der Waals surface area contributed by atoms with Crippen LogP contribution < -0.4 is 4.74 Å². The van der Waals surface area contributed by atoms with Crippen LogP contribution in [0.4, 0.5) is 0 Å². The van der Waals surface area contributed by atoms with Crippen LogP contribution in [-0.2, 0) is 6.54 Å². The van der Waals surface area contributed by atoms with E-state index in [-0.39, 0.29) is 0 Å². The molecule has 3 heteroatoms. The first-order chi connectivity index (χ1) is 9.22. The maximum Gasteiger partial charge on any atom is 0.118 e. The summed E-state index contributed by atoms with van der Waals surface area (Å²) in [5.41, 5.74) is 1.31. The van der Waals surface area contributed by atoms with Crippen LogP contribution in [0.3, 0.4) is 0 Å². The first-order valence-electron chi connectivity index (χ1n) is 6.97. The lowest BCUT2D eigenvalue weighted by molar-refractivity contribution is 0.112. The fraction of sp³-hybridized carbons (Fsp3) is 0.562. The van der Waals surface area contributed by atoms with Crippen molar-refractivity contribution in [3.05, 3.63) is 29.8 Å². The van der Waals surface area contributed by atoms with Crippen LogP contribution in [0.2, 0.25) is 0 Å². The molecule has 19 heavy (non-hydrogen) atoms. The number of rotatable bonds is 4. The molecule has 0 radical (unpaired) electrons. The second-order valence-electron chi connectivity index (χ2n) is 5.43. The number of nitriles is 1. The predicted octanol–water partition coefficient (Wildman–Crippen LogP) is 3.21. The molecule has 1 fully saturated rings. The summed E-state index contributed by atoms with van der Waals surface area (Å²) < 4.78 is 5.18. The monoisotopic (exact) mass is 258 g/mol. The third-order valence-electron chi connectivity index (χ3n) is 4.03. The lowest BCUT2D eigenvalue weighted by Gasteiger charge is -2.37. The van der Waals surface area contributed by atoms with Crippen LogP contribution in [0.1, 0.15) is 31.7 Å². The molecule has 0 N–H and O–H groups in total. The molecular weight excluding hydrogens is 236 g/mol. The number of methoxy groups -OCH3 is 1. The van der Waals surface area contributed by atoms with E-state index in [1.807, 2.05) is 12.1 Å². The van der Waals surface area contributed by atoms with Gasteiger partial charge < -0.3 is 4.74 Å². The van der Waals surface area contributed by atoms with Gasteiger partial charge in [-0.25, -0.2) is 0 Å². The highest BCUT2D eigenvalue weighted by atomic mass is 16.5. The van der Waals surface area contributed by atoms with Gasteiger partial charge in [0.25, 0.3) is 0 Å². The summed E-state index contributed by atoms with van der Waals surface area (Å²) in [6.45, 7) is 4.29. The Morgan fingerprint density at radius 2 is 2.05 bits per heavy atom. The molecule has 1 aromatic carbocycles. The van der Waals surface area contributed by atoms with Crippen LogP contribution in [0.25, 0.3) is 0 Å². The van der Waals surface area contributed by atoms with Crippen molar-refractivity contribution in [3.63, 3.8) is 0 Å². The minimum atomic E-state index is 0.541. The molecule has 1 aliphatic heterocycles. The summed E-state index contributed by atoms with van der Waals surface area (Å²) in [7, 11) is 1.69. The molecule has 2 rings (SSSR count). The normalized spacial score (nSPS) is 23.8. The van der Waals surface area contributed by atoms with E-state index in [0.717, 1.165) is 18.8 Å². The van der Waals surface area contributed by atoms with Gasteiger partial charge in [0.2, 0.25) is 0 Å². The number of hydrogen-bond donors (Lipinski definition) is 0. The Hall–Kier alpha value is -1.53. The maximum atomic E-state index is 8.84. The molecule has 0 bridgehead atoms. The molecule has 1 aliphatic rings. The van der Waals surface area contributed by atoms with Gasteiger partial charge in [-0.1, -0.05) is 12.1 Å². The summed E-state index contributed by atoms with van der Waals surface area (Å²) in [4.78, 5) is 2.49. The van der Waals surface area contributed by atoms with Gasteiger partial charge in [-0.05, 0) is 43.4 Å². The zero-order chi connectivity index (χ0) is 13.7. The SMILES string of the molecule is COc1ccc(CN2C[C@@H](CC#N)CCC2C)cc1. The van der Waals surface area contributed by atoms with Crippen LogP contribution in [-0.4, -0.2) is 24.6 Å². The lowest BCUT2D eigenvalue weighted by atomic mass is 9.91. The average molecular weight is 258 g/mol. The molecule has 0 aromatic heterocycles. The minimum Gasteiger partial charge on any atom is -0.497 e. The van der Waals surface area contributed by atoms with Crippen molar-refractivity contribution in [2.45, 2.75) is 38.8 Å². The molecule has 1 unspecified atom stereocenters. The van der Waals surface area contributed by atoms with Crippen molar-refractivity contribution in [2.24, 2.45) is 5.92 Å². The van der Waals surface area contributed by atoms with Crippen molar-refractivity contribution in [2.75, 3.05) is 13.7 Å². The molecule has 1 heterocycles. The van der Waals surface area contributed by atoms with Gasteiger partial charge in [0.1, 0.15) is 5.75 Å². The van der Waals surface area contributed by atoms with Gasteiger partial charge in [-0.3, -0.25) is 4.90 Å². The Balaban J connectivity index is 1.97. The summed E-state index contributed by atoms with van der Waals surface area (Å²) >= 11 is 0. The number of piperidine rings is 1. The number of likely N-dealkylation sites (tertiary alicyclic amines) is 1. The standard InChI is InChI=1S/C16H22N2O/c1-13-3-4-15(9-10-17)12-18(13)11-14-5-7-16(19-2)8-6-14/h5-8,13,15H,3-4,9,11-12H2,1-2H3/t13?,15-/m1/s1. The molecule has 0 saturated carbocycles. The van der Waals surface area contributed by atoms with Crippen molar-refractivity contribution < 1.29 is 4.74 Å². The van der Waals surface area contributed by atoms with Gasteiger partial charge in [0.15, 0.2) is 0 Å². The predicted molar refractivity (Wildman–Crippen MR) is 75.8 cm³/mol. The van der Waals surface area contributed by atoms with Crippen LogP contribution >= 0.6 is 0 Å². The highest BCUT2D eigenvalue weighted by Gasteiger charge is 2.25. The smallest absolute Gasteiger partial charge is 0.118 e. The number of nitrogens with zero attached hydrogens (tertiary/aromatic N) is 2. The van der Waals surface area contributed by atoms with Gasteiger partial charge in [-0.15, -0.1) is 0 Å². The molecule has 1 saturated heterocycles. The van der Waals surface area contributed by atoms with Crippen LogP contribution in [0.15, 0.2) is 24.3 Å². The lowest BCUT2D eigenvalue weighted by Crippen LogP contribution is -2.41. The largest absolute Gasteiger partial charge is 0.497 e. The van der Waals surface area contributed by atoms with Crippen LogP contribution in [0, 0.1) is 17.2 Å². The number of benzene rings is 1. The van der Waals surface area contributed by atoms with E-state index in [4.69, 9.17) is 10.00 Å². The fourth-order valence-corrected chi connectivity index (χ4v) is 2.74. The molecule has 3 nitrogen and oxygen atoms in total. The zero-order valence-electron chi connectivity index (χ0n) is 11.8. The first kappa shape index (κ1) is 13.9. The van der Waals surface area contributed by atoms with Crippen molar-refractivity contribution in [1.29, 1.82) is 5.26 Å². The van der Waals surface area contributed by atoms with E-state index in [9.17, 15) is 0 Å². The Bertz CT molecular complexity index is 435. The van der Waals surface area contributed by atoms with Gasteiger partial charge in [0.05, 0.1) is 13.2 Å². The Kier molecular flexibility index (Phi) is 4.81. The van der Waals surface area contributed by atoms with Gasteiger partial charge in [0, 0.05) is 25.6 Å². The Morgan fingerprint density at radius 3 is 2.68 bits per heavy atom. The molecule has 0 aliphatic carbocycles. The van der Waals surface area contributed by atoms with E-state index < -0.39 is 0 Å². The highest BCUT2D eigenvalue weighted by Crippen LogP contribution is 2.25. The van der Waals surface area contributed by atoms with E-state index in [0.29, 0.717) is 18.4 Å². The molecule has 0 amide bonds. The van der Waals surface area contributed by atoms with Crippen molar-refractivity contribution in [3.8, 4) is 11.8 Å². The quantitative estimate of drug-likeness (QED) is 0.832. The minimum absolute atomic E-state index is 0.541. The number of ether oxygens (including phenoxy) is 1. The van der Waals surface area contributed by atoms with Gasteiger partial charge in [-0.2, -0.15) is 5.26 Å². The van der Waals surface area contributed by atoms with E-state index in [1.165, 1.54) is 18.4 Å². The molecule has 2 atom stereocenters. The zero-order valence-corrected chi connectivity index (χ0v) is 11.8. The highest BCUT2D eigenvalue weighted by molar-refractivity contribution is 5.27. The Labute approximate surface area is 115 Å². The summed E-state index contributed by atoms with van der Waals surface area (Å²) in [5.74, 6) is 1.44. The van der Waals surface area contributed by atoms with E-state index in [2.05, 4.69) is 30.0 Å². The second kappa shape index (κ2) is 6.58. The van der Waals surface area contributed by atoms with Crippen molar-refractivity contribution >= 4 is 0 Å². The first-order valence-corrected chi connectivity index (χ1v) is 6.97. The fourth-order valence-electron chi connectivity index (χ4n) is 2.74. The van der Waals surface area contributed by atoms with Crippen molar-refractivity contribution in [1.82, 2.24) is 4.90 Å². The topological polar surface area (TPSA) is 36.3 Å². The maximum absolute atomic E-state index is 8.84. The molecular formula is C16H22N2O. The van der Waals surface area contributed by atoms with E-state index in [1.54, 1.807) is 7.11 Å². The third kappa shape index (κ3) is 3.71. The summed E-state index contributed by atoms with van der Waals surface area (Å²) in [6, 6.07) is 11.2. The third-order valence-corrected chi connectivity index (χ3v) is 4.03. The van der Waals surface area contributed by atoms with Crippen LogP contribution in [0.5, 0.6) is 5.75 Å². The van der Waals surface area contributed by atoms with Gasteiger partial charge >= 0.3 is 0 Å². The number of hydrogen-bond acceptors (Lipinski definition) is 3. The summed E-state index contributed by atoms with van der Waals surface area (Å²) in [5, 5.41) is 8.84. The molecule has 102 valence electrons. The second-order valence-corrected chi connectivity index (χ2v) is 5.43.